The fourth-order valence-corrected chi connectivity index (χ4v) is 2.90. The highest BCUT2D eigenvalue weighted by Crippen LogP contribution is 2.27. The molecule has 0 aromatic carbocycles. The van der Waals surface area contributed by atoms with Crippen molar-refractivity contribution < 1.29 is 10.0 Å². The Hall–Kier alpha value is -1.26. The lowest BCUT2D eigenvalue weighted by Gasteiger charge is -2.28. The van der Waals surface area contributed by atoms with E-state index < -0.39 is 0 Å². The van der Waals surface area contributed by atoms with Crippen molar-refractivity contribution in [2.45, 2.75) is 71.3 Å². The number of amides is 1. The average molecular weight is 283 g/mol. The molecule has 0 spiro atoms. The number of hydrogen-bond donors (Lipinski definition) is 2. The molecule has 0 heterocycles. The van der Waals surface area contributed by atoms with Crippen molar-refractivity contribution in [2.75, 3.05) is 6.54 Å². The van der Waals surface area contributed by atoms with E-state index >= 15 is 0 Å². The molecule has 1 aliphatic carbocycles. The highest BCUT2D eigenvalue weighted by atomic mass is 16.4. The van der Waals surface area contributed by atoms with Crippen LogP contribution >= 0.6 is 0 Å². The van der Waals surface area contributed by atoms with Crippen LogP contribution in [0.4, 0.5) is 0 Å². The zero-order valence-corrected chi connectivity index (χ0v) is 12.8. The van der Waals surface area contributed by atoms with Crippen LogP contribution in [0.15, 0.2) is 5.16 Å². The predicted molar refractivity (Wildman–Crippen MR) is 80.7 cm³/mol. The molecule has 0 bridgehead atoms. The summed E-state index contributed by atoms with van der Waals surface area (Å²) in [5.41, 5.74) is 5.47. The van der Waals surface area contributed by atoms with Crippen LogP contribution in [0.1, 0.15) is 65.2 Å². The van der Waals surface area contributed by atoms with Crippen molar-refractivity contribution in [3.8, 4) is 0 Å². The van der Waals surface area contributed by atoms with E-state index in [1.807, 2.05) is 18.7 Å². The fourth-order valence-electron chi connectivity index (χ4n) is 2.90. The van der Waals surface area contributed by atoms with Gasteiger partial charge in [-0.25, -0.2) is 0 Å². The fraction of sp³-hybridized carbons (Fsp3) is 0.867. The summed E-state index contributed by atoms with van der Waals surface area (Å²) in [5, 5.41) is 11.5. The van der Waals surface area contributed by atoms with Crippen molar-refractivity contribution in [3.63, 3.8) is 0 Å². The minimum Gasteiger partial charge on any atom is -0.409 e. The lowest BCUT2D eigenvalue weighted by Crippen LogP contribution is -2.39. The number of oxime groups is 1. The van der Waals surface area contributed by atoms with Crippen molar-refractivity contribution in [2.24, 2.45) is 16.8 Å². The van der Waals surface area contributed by atoms with Crippen LogP contribution in [-0.2, 0) is 4.79 Å². The van der Waals surface area contributed by atoms with Gasteiger partial charge in [-0.1, -0.05) is 37.3 Å². The van der Waals surface area contributed by atoms with Gasteiger partial charge < -0.3 is 15.8 Å². The lowest BCUT2D eigenvalue weighted by atomic mass is 9.86. The average Bonchev–Trinajstić information content (AvgIpc) is 2.45. The smallest absolute Gasteiger partial charge is 0.222 e. The first kappa shape index (κ1) is 16.8. The van der Waals surface area contributed by atoms with Gasteiger partial charge in [-0.05, 0) is 26.2 Å². The molecule has 5 heteroatoms. The first-order chi connectivity index (χ1) is 9.54. The molecule has 1 rings (SSSR count). The summed E-state index contributed by atoms with van der Waals surface area (Å²) in [7, 11) is 0. The Bertz CT molecular complexity index is 323. The maximum atomic E-state index is 12.3. The van der Waals surface area contributed by atoms with Gasteiger partial charge in [0.1, 0.15) is 5.84 Å². The van der Waals surface area contributed by atoms with E-state index in [9.17, 15) is 4.79 Å². The monoisotopic (exact) mass is 283 g/mol. The highest BCUT2D eigenvalue weighted by Gasteiger charge is 2.20. The molecule has 0 saturated heterocycles. The molecule has 3 N–H and O–H groups in total. The van der Waals surface area contributed by atoms with E-state index in [1.165, 1.54) is 32.1 Å². The molecular formula is C15H29N3O2. The summed E-state index contributed by atoms with van der Waals surface area (Å²) >= 11 is 0. The van der Waals surface area contributed by atoms with Crippen LogP contribution < -0.4 is 5.73 Å². The Labute approximate surface area is 122 Å². The van der Waals surface area contributed by atoms with Gasteiger partial charge in [-0.15, -0.1) is 0 Å². The van der Waals surface area contributed by atoms with Gasteiger partial charge in [0, 0.05) is 25.4 Å². The molecular weight excluding hydrogens is 254 g/mol. The van der Waals surface area contributed by atoms with Crippen LogP contribution in [0.3, 0.4) is 0 Å². The molecule has 0 radical (unpaired) electrons. The molecule has 0 aliphatic heterocycles. The van der Waals surface area contributed by atoms with Gasteiger partial charge in [-0.3, -0.25) is 4.79 Å². The molecule has 0 atom stereocenters. The zero-order chi connectivity index (χ0) is 15.0. The summed E-state index contributed by atoms with van der Waals surface area (Å²) < 4.78 is 0. The Morgan fingerprint density at radius 2 is 1.95 bits per heavy atom. The van der Waals surface area contributed by atoms with Crippen molar-refractivity contribution >= 4 is 11.7 Å². The summed E-state index contributed by atoms with van der Waals surface area (Å²) in [5.74, 6) is 1.10. The third-order valence-corrected chi connectivity index (χ3v) is 4.17. The number of amidine groups is 1. The first-order valence-electron chi connectivity index (χ1n) is 7.80. The minimum absolute atomic E-state index is 0.153. The standard InChI is InChI=1S/C15H29N3O2/c1-12(2)18(11-10-14(16)17-20)15(19)9-8-13-6-4-3-5-7-13/h12-13,20H,3-11H2,1-2H3,(H2,16,17). The normalized spacial score (nSPS) is 17.4. The number of nitrogens with two attached hydrogens (primary N) is 1. The van der Waals surface area contributed by atoms with Crippen LogP contribution in [-0.4, -0.2) is 34.4 Å². The van der Waals surface area contributed by atoms with Gasteiger partial charge in [0.2, 0.25) is 5.91 Å². The third kappa shape index (κ3) is 5.80. The van der Waals surface area contributed by atoms with Gasteiger partial charge in [0.05, 0.1) is 0 Å². The molecule has 116 valence electrons. The second-order valence-electron chi connectivity index (χ2n) is 6.06. The van der Waals surface area contributed by atoms with Crippen LogP contribution in [0.5, 0.6) is 0 Å². The van der Waals surface area contributed by atoms with Crippen LogP contribution in [0.2, 0.25) is 0 Å². The maximum absolute atomic E-state index is 12.3. The van der Waals surface area contributed by atoms with Crippen LogP contribution in [0, 0.1) is 5.92 Å². The molecule has 0 aromatic rings. The number of carbonyl (C=O) groups excluding carboxylic acids is 1. The molecule has 1 aliphatic rings. The summed E-state index contributed by atoms with van der Waals surface area (Å²) in [6.07, 6.45) is 8.58. The molecule has 1 fully saturated rings. The van der Waals surface area contributed by atoms with E-state index in [4.69, 9.17) is 10.9 Å². The maximum Gasteiger partial charge on any atom is 0.222 e. The molecule has 0 aromatic heterocycles. The number of hydrogen-bond acceptors (Lipinski definition) is 3. The second-order valence-corrected chi connectivity index (χ2v) is 6.06. The van der Waals surface area contributed by atoms with Crippen LogP contribution in [0.25, 0.3) is 0 Å². The topological polar surface area (TPSA) is 78.9 Å². The van der Waals surface area contributed by atoms with E-state index in [0.717, 1.165) is 12.3 Å². The minimum atomic E-state index is 0.153. The highest BCUT2D eigenvalue weighted by molar-refractivity contribution is 5.81. The SMILES string of the molecule is CC(C)N(CCC(N)=NO)C(=O)CCC1CCCCC1. The quantitative estimate of drug-likeness (QED) is 0.326. The Kier molecular flexibility index (Phi) is 7.41. The van der Waals surface area contributed by atoms with E-state index in [2.05, 4.69) is 5.16 Å². The molecule has 20 heavy (non-hydrogen) atoms. The predicted octanol–water partition coefficient (Wildman–Crippen LogP) is 2.72. The zero-order valence-electron chi connectivity index (χ0n) is 12.8. The van der Waals surface area contributed by atoms with Crippen molar-refractivity contribution in [1.29, 1.82) is 0 Å². The van der Waals surface area contributed by atoms with E-state index in [-0.39, 0.29) is 17.8 Å². The summed E-state index contributed by atoms with van der Waals surface area (Å²) in [6.45, 7) is 4.53. The van der Waals surface area contributed by atoms with Gasteiger partial charge in [-0.2, -0.15) is 0 Å². The Morgan fingerprint density at radius 1 is 1.30 bits per heavy atom. The summed E-state index contributed by atoms with van der Waals surface area (Å²) in [6, 6.07) is 0.153. The lowest BCUT2D eigenvalue weighted by molar-refractivity contribution is -0.133. The molecule has 1 saturated carbocycles. The number of nitrogens with zero attached hydrogens (tertiary/aromatic N) is 2. The van der Waals surface area contributed by atoms with Crippen molar-refractivity contribution in [3.05, 3.63) is 0 Å². The molecule has 1 amide bonds. The largest absolute Gasteiger partial charge is 0.409 e. The van der Waals surface area contributed by atoms with Gasteiger partial charge >= 0.3 is 0 Å². The van der Waals surface area contributed by atoms with Gasteiger partial charge in [0.15, 0.2) is 0 Å². The summed E-state index contributed by atoms with van der Waals surface area (Å²) in [4.78, 5) is 14.1. The number of rotatable bonds is 7. The Morgan fingerprint density at radius 3 is 2.50 bits per heavy atom. The number of carbonyl (C=O) groups is 1. The molecule has 5 nitrogen and oxygen atoms in total. The first-order valence-corrected chi connectivity index (χ1v) is 7.80. The van der Waals surface area contributed by atoms with E-state index in [0.29, 0.717) is 19.4 Å². The third-order valence-electron chi connectivity index (χ3n) is 4.17. The van der Waals surface area contributed by atoms with Gasteiger partial charge in [0.25, 0.3) is 0 Å². The Balaban J connectivity index is 2.38. The van der Waals surface area contributed by atoms with Crippen molar-refractivity contribution in [1.82, 2.24) is 4.90 Å². The van der Waals surface area contributed by atoms with E-state index in [1.54, 1.807) is 0 Å². The molecule has 0 unspecified atom stereocenters. The second kappa shape index (κ2) is 8.82.